The fourth-order valence-corrected chi connectivity index (χ4v) is 2.23. The average Bonchev–Trinajstić information content (AvgIpc) is 2.65. The summed E-state index contributed by atoms with van der Waals surface area (Å²) in [6.45, 7) is 1.30. The van der Waals surface area contributed by atoms with Crippen molar-refractivity contribution in [3.8, 4) is 6.07 Å². The van der Waals surface area contributed by atoms with E-state index in [0.29, 0.717) is 13.1 Å². The molecule has 1 rings (SSSR count). The Labute approximate surface area is 84.8 Å². The van der Waals surface area contributed by atoms with Gasteiger partial charge in [-0.3, -0.25) is 4.90 Å². The quantitative estimate of drug-likeness (QED) is 0.650. The Morgan fingerprint density at radius 2 is 1.86 bits per heavy atom. The lowest BCUT2D eigenvalue weighted by Crippen LogP contribution is -2.41. The first-order chi connectivity index (χ1) is 6.83. The molecule has 1 fully saturated rings. The molecule has 4 nitrogen and oxygen atoms in total. The van der Waals surface area contributed by atoms with Crippen LogP contribution in [0.2, 0.25) is 0 Å². The van der Waals surface area contributed by atoms with Gasteiger partial charge >= 0.3 is 0 Å². The molecule has 0 aliphatic heterocycles. The van der Waals surface area contributed by atoms with E-state index in [0.717, 1.165) is 19.3 Å². The molecule has 2 unspecified atom stereocenters. The van der Waals surface area contributed by atoms with Crippen molar-refractivity contribution in [3.63, 3.8) is 0 Å². The highest BCUT2D eigenvalue weighted by molar-refractivity contribution is 4.97. The van der Waals surface area contributed by atoms with Crippen LogP contribution in [0.25, 0.3) is 0 Å². The van der Waals surface area contributed by atoms with E-state index in [4.69, 9.17) is 15.5 Å². The van der Waals surface area contributed by atoms with Gasteiger partial charge in [-0.2, -0.15) is 5.26 Å². The zero-order valence-electron chi connectivity index (χ0n) is 8.39. The molecule has 0 heterocycles. The normalized spacial score (nSPS) is 26.7. The van der Waals surface area contributed by atoms with Gasteiger partial charge in [0.2, 0.25) is 0 Å². The van der Waals surface area contributed by atoms with Crippen molar-refractivity contribution in [2.45, 2.75) is 25.3 Å². The first-order valence-corrected chi connectivity index (χ1v) is 5.19. The molecule has 0 bridgehead atoms. The van der Waals surface area contributed by atoms with E-state index in [1.54, 1.807) is 0 Å². The molecule has 0 spiro atoms. The summed E-state index contributed by atoms with van der Waals surface area (Å²) in [4.78, 5) is 2.03. The molecule has 1 aliphatic carbocycles. The second-order valence-electron chi connectivity index (χ2n) is 3.72. The van der Waals surface area contributed by atoms with Crippen LogP contribution in [-0.4, -0.2) is 47.5 Å². The number of hydrogen-bond acceptors (Lipinski definition) is 4. The van der Waals surface area contributed by atoms with Crippen molar-refractivity contribution >= 4 is 0 Å². The Hall–Kier alpha value is -0.630. The molecule has 80 valence electrons. The summed E-state index contributed by atoms with van der Waals surface area (Å²) in [5.41, 5.74) is 0. The van der Waals surface area contributed by atoms with Crippen LogP contribution in [-0.2, 0) is 0 Å². The van der Waals surface area contributed by atoms with E-state index in [1.807, 2.05) is 4.90 Å². The van der Waals surface area contributed by atoms with Gasteiger partial charge in [-0.05, 0) is 12.8 Å². The third-order valence-electron chi connectivity index (χ3n) is 2.89. The zero-order valence-corrected chi connectivity index (χ0v) is 8.39. The molecule has 0 aromatic carbocycles. The lowest BCUT2D eigenvalue weighted by Gasteiger charge is -2.29. The van der Waals surface area contributed by atoms with Crippen molar-refractivity contribution in [2.24, 2.45) is 5.92 Å². The third kappa shape index (κ3) is 2.68. The minimum absolute atomic E-state index is 0.0769. The van der Waals surface area contributed by atoms with Crippen LogP contribution in [0.1, 0.15) is 19.3 Å². The van der Waals surface area contributed by atoms with Crippen molar-refractivity contribution in [1.82, 2.24) is 4.90 Å². The monoisotopic (exact) mass is 198 g/mol. The molecule has 1 saturated carbocycles. The fourth-order valence-electron chi connectivity index (χ4n) is 2.23. The van der Waals surface area contributed by atoms with Crippen LogP contribution in [0, 0.1) is 17.2 Å². The Balaban J connectivity index is 2.53. The van der Waals surface area contributed by atoms with Gasteiger partial charge < -0.3 is 10.2 Å². The highest BCUT2D eigenvalue weighted by atomic mass is 16.3. The molecule has 0 saturated heterocycles. The summed E-state index contributed by atoms with van der Waals surface area (Å²) in [5.74, 6) is 0.0769. The largest absolute Gasteiger partial charge is 0.395 e. The van der Waals surface area contributed by atoms with Gasteiger partial charge in [0.05, 0.1) is 25.2 Å². The average molecular weight is 198 g/mol. The number of nitrogens with zero attached hydrogens (tertiary/aromatic N) is 2. The predicted octanol–water partition coefficient (Wildman–Crippen LogP) is -0.0347. The van der Waals surface area contributed by atoms with Gasteiger partial charge in [0.1, 0.15) is 0 Å². The molecule has 4 heteroatoms. The van der Waals surface area contributed by atoms with Gasteiger partial charge in [0, 0.05) is 19.1 Å². The number of nitriles is 1. The summed E-state index contributed by atoms with van der Waals surface area (Å²) in [7, 11) is 0. The summed E-state index contributed by atoms with van der Waals surface area (Å²) in [6, 6.07) is 2.54. The van der Waals surface area contributed by atoms with Crippen molar-refractivity contribution in [3.05, 3.63) is 0 Å². The fraction of sp³-hybridized carbons (Fsp3) is 0.900. The Morgan fingerprint density at radius 3 is 2.36 bits per heavy atom. The highest BCUT2D eigenvalue weighted by Crippen LogP contribution is 2.29. The minimum atomic E-state index is 0.0769. The van der Waals surface area contributed by atoms with Gasteiger partial charge in [0.25, 0.3) is 0 Å². The first-order valence-electron chi connectivity index (χ1n) is 5.19. The van der Waals surface area contributed by atoms with Crippen LogP contribution in [0.4, 0.5) is 0 Å². The Morgan fingerprint density at radius 1 is 1.21 bits per heavy atom. The summed E-state index contributed by atoms with van der Waals surface area (Å²) in [5, 5.41) is 26.7. The summed E-state index contributed by atoms with van der Waals surface area (Å²) < 4.78 is 0. The van der Waals surface area contributed by atoms with Gasteiger partial charge in [0.15, 0.2) is 0 Å². The predicted molar refractivity (Wildman–Crippen MR) is 52.5 cm³/mol. The van der Waals surface area contributed by atoms with Crippen LogP contribution in [0.3, 0.4) is 0 Å². The van der Waals surface area contributed by atoms with E-state index in [-0.39, 0.29) is 25.2 Å². The van der Waals surface area contributed by atoms with Crippen LogP contribution < -0.4 is 0 Å². The second kappa shape index (κ2) is 5.97. The molecule has 0 aromatic heterocycles. The molecule has 0 aromatic rings. The maximum atomic E-state index is 8.92. The molecule has 14 heavy (non-hydrogen) atoms. The lowest BCUT2D eigenvalue weighted by molar-refractivity contribution is 0.112. The molecule has 0 amide bonds. The van der Waals surface area contributed by atoms with E-state index in [1.165, 1.54) is 0 Å². The second-order valence-corrected chi connectivity index (χ2v) is 3.72. The molecule has 1 aliphatic rings. The SMILES string of the molecule is N#CC1CCCC1N(CCO)CCO. The molecular formula is C10H18N2O2. The lowest BCUT2D eigenvalue weighted by atomic mass is 10.0. The molecule has 2 atom stereocenters. The first kappa shape index (κ1) is 11.4. The highest BCUT2D eigenvalue weighted by Gasteiger charge is 2.31. The number of rotatable bonds is 5. The van der Waals surface area contributed by atoms with E-state index >= 15 is 0 Å². The number of aliphatic hydroxyl groups is 2. The van der Waals surface area contributed by atoms with E-state index in [9.17, 15) is 0 Å². The topological polar surface area (TPSA) is 67.5 Å². The van der Waals surface area contributed by atoms with E-state index < -0.39 is 0 Å². The minimum Gasteiger partial charge on any atom is -0.395 e. The van der Waals surface area contributed by atoms with Crippen LogP contribution in [0.5, 0.6) is 0 Å². The van der Waals surface area contributed by atoms with Crippen LogP contribution in [0.15, 0.2) is 0 Å². The number of aliphatic hydroxyl groups excluding tert-OH is 2. The number of hydrogen-bond donors (Lipinski definition) is 2. The summed E-state index contributed by atoms with van der Waals surface area (Å²) >= 11 is 0. The standard InChI is InChI=1S/C10H18N2O2/c11-8-9-2-1-3-10(9)12(4-6-13)5-7-14/h9-10,13-14H,1-7H2. The van der Waals surface area contributed by atoms with Crippen molar-refractivity contribution < 1.29 is 10.2 Å². The third-order valence-corrected chi connectivity index (χ3v) is 2.89. The smallest absolute Gasteiger partial charge is 0.0672 e. The Kier molecular flexibility index (Phi) is 4.88. The van der Waals surface area contributed by atoms with Crippen molar-refractivity contribution in [2.75, 3.05) is 26.3 Å². The zero-order chi connectivity index (χ0) is 10.4. The molecular weight excluding hydrogens is 180 g/mol. The molecule has 0 radical (unpaired) electrons. The van der Waals surface area contributed by atoms with Gasteiger partial charge in [-0.1, -0.05) is 6.42 Å². The van der Waals surface area contributed by atoms with Crippen LogP contribution >= 0.6 is 0 Å². The summed E-state index contributed by atoms with van der Waals surface area (Å²) in [6.07, 6.45) is 3.04. The van der Waals surface area contributed by atoms with E-state index in [2.05, 4.69) is 6.07 Å². The van der Waals surface area contributed by atoms with Gasteiger partial charge in [-0.25, -0.2) is 0 Å². The maximum Gasteiger partial charge on any atom is 0.0672 e. The Bertz CT molecular complexity index is 197. The maximum absolute atomic E-state index is 8.92. The van der Waals surface area contributed by atoms with Crippen molar-refractivity contribution in [1.29, 1.82) is 5.26 Å². The van der Waals surface area contributed by atoms with Gasteiger partial charge in [-0.15, -0.1) is 0 Å². The molecule has 2 N–H and O–H groups in total.